The first kappa shape index (κ1) is 14.3. The quantitative estimate of drug-likeness (QED) is 0.822. The summed E-state index contributed by atoms with van der Waals surface area (Å²) in [6.07, 6.45) is 2.48. The molecule has 2 unspecified atom stereocenters. The van der Waals surface area contributed by atoms with Crippen molar-refractivity contribution in [3.8, 4) is 0 Å². The summed E-state index contributed by atoms with van der Waals surface area (Å²) in [5.41, 5.74) is 6.48. The van der Waals surface area contributed by atoms with Crippen molar-refractivity contribution in [1.82, 2.24) is 9.88 Å². The van der Waals surface area contributed by atoms with Gasteiger partial charge >= 0.3 is 5.97 Å². The highest BCUT2D eigenvalue weighted by Crippen LogP contribution is 2.37. The maximum absolute atomic E-state index is 12.8. The first-order valence-electron chi connectivity index (χ1n) is 6.94. The molecule has 2 heterocycles. The third kappa shape index (κ3) is 2.60. The number of aryl methyl sites for hydroxylation is 1. The SMILES string of the molecule is Nc1nc2c(s1)CCCC2C(=O)N1CCOCC1C(=O)O. The van der Waals surface area contributed by atoms with Crippen LogP contribution in [0, 0.1) is 0 Å². The van der Waals surface area contributed by atoms with Gasteiger partial charge in [-0.15, -0.1) is 11.3 Å². The molecule has 7 nitrogen and oxygen atoms in total. The second-order valence-corrected chi connectivity index (χ2v) is 6.38. The normalized spacial score (nSPS) is 25.4. The van der Waals surface area contributed by atoms with E-state index in [2.05, 4.69) is 4.98 Å². The minimum atomic E-state index is -1.03. The van der Waals surface area contributed by atoms with Crippen LogP contribution in [0.3, 0.4) is 0 Å². The average Bonchev–Trinajstić information content (AvgIpc) is 2.86. The smallest absolute Gasteiger partial charge is 0.328 e. The van der Waals surface area contributed by atoms with Crippen LogP contribution >= 0.6 is 11.3 Å². The van der Waals surface area contributed by atoms with Crippen LogP contribution < -0.4 is 5.73 Å². The van der Waals surface area contributed by atoms with Crippen molar-refractivity contribution < 1.29 is 19.4 Å². The highest BCUT2D eigenvalue weighted by molar-refractivity contribution is 7.15. The van der Waals surface area contributed by atoms with Gasteiger partial charge in [-0.1, -0.05) is 0 Å². The van der Waals surface area contributed by atoms with Gasteiger partial charge in [-0.25, -0.2) is 9.78 Å². The number of carbonyl (C=O) groups is 2. The van der Waals surface area contributed by atoms with Gasteiger partial charge in [0.05, 0.1) is 24.8 Å². The number of carboxylic acid groups (broad SMARTS) is 1. The van der Waals surface area contributed by atoms with Gasteiger partial charge in [-0.2, -0.15) is 0 Å². The molecule has 1 aliphatic heterocycles. The Morgan fingerprint density at radius 2 is 2.29 bits per heavy atom. The van der Waals surface area contributed by atoms with Gasteiger partial charge in [-0.3, -0.25) is 4.79 Å². The summed E-state index contributed by atoms with van der Waals surface area (Å²) in [6, 6.07) is -0.910. The summed E-state index contributed by atoms with van der Waals surface area (Å²) in [6.45, 7) is 0.718. The predicted molar refractivity (Wildman–Crippen MR) is 76.2 cm³/mol. The molecule has 1 aromatic heterocycles. The molecule has 8 heteroatoms. The first-order chi connectivity index (χ1) is 10.1. The fourth-order valence-corrected chi connectivity index (χ4v) is 3.89. The third-order valence-corrected chi connectivity index (χ3v) is 4.93. The Bertz CT molecular complexity index is 574. The lowest BCUT2D eigenvalue weighted by Gasteiger charge is -2.35. The van der Waals surface area contributed by atoms with E-state index in [9.17, 15) is 14.7 Å². The van der Waals surface area contributed by atoms with Crippen LogP contribution in [0.25, 0.3) is 0 Å². The number of hydrogen-bond donors (Lipinski definition) is 2. The number of nitrogens with two attached hydrogens (primary N) is 1. The Kier molecular flexibility index (Phi) is 3.81. The van der Waals surface area contributed by atoms with E-state index in [-0.39, 0.29) is 18.4 Å². The molecule has 3 rings (SSSR count). The number of aromatic nitrogens is 1. The van der Waals surface area contributed by atoms with Gasteiger partial charge in [0.25, 0.3) is 0 Å². The molecule has 1 aliphatic carbocycles. The molecule has 3 N–H and O–H groups in total. The summed E-state index contributed by atoms with van der Waals surface area (Å²) in [5, 5.41) is 9.72. The van der Waals surface area contributed by atoms with E-state index < -0.39 is 12.0 Å². The molecule has 0 saturated carbocycles. The van der Waals surface area contributed by atoms with Crippen molar-refractivity contribution >= 4 is 28.3 Å². The number of hydrogen-bond acceptors (Lipinski definition) is 6. The lowest BCUT2D eigenvalue weighted by molar-refractivity contribution is -0.159. The summed E-state index contributed by atoms with van der Waals surface area (Å²) in [4.78, 5) is 30.8. The number of carbonyl (C=O) groups excluding carboxylic acids is 1. The predicted octanol–water partition coefficient (Wildman–Crippen LogP) is 0.457. The number of thiazole rings is 1. The van der Waals surface area contributed by atoms with E-state index in [1.807, 2.05) is 0 Å². The van der Waals surface area contributed by atoms with Gasteiger partial charge in [-0.05, 0) is 19.3 Å². The van der Waals surface area contributed by atoms with E-state index in [0.717, 1.165) is 23.4 Å². The van der Waals surface area contributed by atoms with Crippen LogP contribution in [0.1, 0.15) is 29.3 Å². The van der Waals surface area contributed by atoms with Crippen molar-refractivity contribution in [1.29, 1.82) is 0 Å². The van der Waals surface area contributed by atoms with E-state index in [0.29, 0.717) is 24.7 Å². The standard InChI is InChI=1S/C13H17N3O4S/c14-13-15-10-7(2-1-3-9(10)21-13)11(17)16-4-5-20-6-8(16)12(18)19/h7-8H,1-6H2,(H2,14,15)(H,18,19). The Morgan fingerprint density at radius 3 is 3.05 bits per heavy atom. The van der Waals surface area contributed by atoms with Crippen LogP contribution in [-0.4, -0.2) is 52.7 Å². The lowest BCUT2D eigenvalue weighted by Crippen LogP contribution is -2.54. The second-order valence-electron chi connectivity index (χ2n) is 5.27. The molecule has 1 amide bonds. The maximum atomic E-state index is 12.8. The first-order valence-corrected chi connectivity index (χ1v) is 7.75. The largest absolute Gasteiger partial charge is 0.480 e. The van der Waals surface area contributed by atoms with Gasteiger partial charge in [0.1, 0.15) is 0 Å². The highest BCUT2D eigenvalue weighted by atomic mass is 32.1. The van der Waals surface area contributed by atoms with Crippen molar-refractivity contribution in [2.24, 2.45) is 0 Å². The average molecular weight is 311 g/mol. The molecule has 21 heavy (non-hydrogen) atoms. The van der Waals surface area contributed by atoms with Gasteiger partial charge < -0.3 is 20.5 Å². The molecular weight excluding hydrogens is 294 g/mol. The van der Waals surface area contributed by atoms with Gasteiger partial charge in [0.15, 0.2) is 11.2 Å². The molecule has 0 aromatic carbocycles. The zero-order valence-corrected chi connectivity index (χ0v) is 12.3. The lowest BCUT2D eigenvalue weighted by atomic mass is 9.89. The Labute approximate surface area is 125 Å². The van der Waals surface area contributed by atoms with Crippen molar-refractivity contribution in [2.75, 3.05) is 25.5 Å². The number of carboxylic acids is 1. The molecule has 114 valence electrons. The molecule has 1 aromatic rings. The molecule has 0 spiro atoms. The van der Waals surface area contributed by atoms with Crippen molar-refractivity contribution in [2.45, 2.75) is 31.2 Å². The molecule has 2 atom stereocenters. The minimum Gasteiger partial charge on any atom is -0.480 e. The minimum absolute atomic E-state index is 0.0415. The summed E-state index contributed by atoms with van der Waals surface area (Å²) in [7, 11) is 0. The van der Waals surface area contributed by atoms with Gasteiger partial charge in [0.2, 0.25) is 5.91 Å². The summed E-state index contributed by atoms with van der Waals surface area (Å²) < 4.78 is 5.18. The van der Waals surface area contributed by atoms with Crippen LogP contribution in [0.15, 0.2) is 0 Å². The number of rotatable bonds is 2. The number of morpholine rings is 1. The topological polar surface area (TPSA) is 106 Å². The third-order valence-electron chi connectivity index (χ3n) is 3.97. The second kappa shape index (κ2) is 5.61. The van der Waals surface area contributed by atoms with E-state index in [1.54, 1.807) is 0 Å². The number of aliphatic carboxylic acids is 1. The Hall–Kier alpha value is -1.67. The Balaban J connectivity index is 1.86. The van der Waals surface area contributed by atoms with Crippen LogP contribution in [-0.2, 0) is 20.7 Å². The van der Waals surface area contributed by atoms with Crippen LogP contribution in [0.2, 0.25) is 0 Å². The monoisotopic (exact) mass is 311 g/mol. The highest BCUT2D eigenvalue weighted by Gasteiger charge is 2.39. The number of nitrogens with zero attached hydrogens (tertiary/aromatic N) is 2. The molecule has 0 bridgehead atoms. The fraction of sp³-hybridized carbons (Fsp3) is 0.615. The fourth-order valence-electron chi connectivity index (χ4n) is 2.95. The van der Waals surface area contributed by atoms with E-state index in [4.69, 9.17) is 10.5 Å². The van der Waals surface area contributed by atoms with Crippen LogP contribution in [0.5, 0.6) is 0 Å². The molecular formula is C13H17N3O4S. The van der Waals surface area contributed by atoms with Gasteiger partial charge in [0, 0.05) is 11.4 Å². The number of fused-ring (bicyclic) bond motifs is 1. The van der Waals surface area contributed by atoms with E-state index in [1.165, 1.54) is 16.2 Å². The molecule has 0 radical (unpaired) electrons. The number of nitrogen functional groups attached to an aromatic ring is 1. The van der Waals surface area contributed by atoms with Crippen molar-refractivity contribution in [3.63, 3.8) is 0 Å². The number of anilines is 1. The van der Waals surface area contributed by atoms with Crippen molar-refractivity contribution in [3.05, 3.63) is 10.6 Å². The summed E-state index contributed by atoms with van der Waals surface area (Å²) in [5.74, 6) is -1.57. The molecule has 1 fully saturated rings. The Morgan fingerprint density at radius 1 is 1.48 bits per heavy atom. The molecule has 2 aliphatic rings. The molecule has 1 saturated heterocycles. The maximum Gasteiger partial charge on any atom is 0.328 e. The van der Waals surface area contributed by atoms with E-state index >= 15 is 0 Å². The zero-order valence-electron chi connectivity index (χ0n) is 11.4. The zero-order chi connectivity index (χ0) is 15.0. The number of ether oxygens (including phenoxy) is 1. The number of amides is 1. The van der Waals surface area contributed by atoms with Crippen LogP contribution in [0.4, 0.5) is 5.13 Å². The summed E-state index contributed by atoms with van der Waals surface area (Å²) >= 11 is 1.42.